The van der Waals surface area contributed by atoms with Gasteiger partial charge < -0.3 is 9.30 Å². The highest BCUT2D eigenvalue weighted by Gasteiger charge is 2.10. The zero-order chi connectivity index (χ0) is 17.5. The van der Waals surface area contributed by atoms with E-state index in [-0.39, 0.29) is 18.3 Å². The van der Waals surface area contributed by atoms with E-state index >= 15 is 0 Å². The summed E-state index contributed by atoms with van der Waals surface area (Å²) in [6, 6.07) is 6.12. The first-order chi connectivity index (χ1) is 11.5. The Hall–Kier alpha value is -1.95. The topological polar surface area (TPSA) is 60.7 Å². The Bertz CT molecular complexity index is 789. The Morgan fingerprint density at radius 2 is 2.04 bits per heavy atom. The van der Waals surface area contributed by atoms with E-state index in [1.54, 1.807) is 6.92 Å². The first-order valence-corrected chi connectivity index (χ1v) is 9.20. The molecule has 0 saturated heterocycles. The first-order valence-electron chi connectivity index (χ1n) is 8.38. The van der Waals surface area contributed by atoms with Gasteiger partial charge in [0.15, 0.2) is 4.80 Å². The Morgan fingerprint density at radius 3 is 2.75 bits per heavy atom. The molecule has 0 N–H and O–H groups in total. The number of benzene rings is 1. The van der Waals surface area contributed by atoms with E-state index in [9.17, 15) is 9.59 Å². The number of fused-ring (bicyclic) bond motifs is 1. The number of carbonyl (C=O) groups excluding carboxylic acids is 2. The molecule has 24 heavy (non-hydrogen) atoms. The molecule has 0 unspecified atom stereocenters. The lowest BCUT2D eigenvalue weighted by atomic mass is 10.2. The fraction of sp³-hybridized carbons (Fsp3) is 0.500. The predicted molar refractivity (Wildman–Crippen MR) is 95.9 cm³/mol. The van der Waals surface area contributed by atoms with Crippen LogP contribution in [0.5, 0.6) is 0 Å². The second-order valence-electron chi connectivity index (χ2n) is 5.67. The molecule has 1 amide bonds. The average molecular weight is 348 g/mol. The van der Waals surface area contributed by atoms with Gasteiger partial charge in [0.1, 0.15) is 0 Å². The largest absolute Gasteiger partial charge is 0.466 e. The Balaban J connectivity index is 2.37. The summed E-state index contributed by atoms with van der Waals surface area (Å²) in [5, 5.41) is 0. The molecule has 0 spiro atoms. The molecule has 0 aliphatic carbocycles. The molecule has 130 valence electrons. The second-order valence-corrected chi connectivity index (χ2v) is 6.68. The van der Waals surface area contributed by atoms with Gasteiger partial charge in [-0.25, -0.2) is 0 Å². The van der Waals surface area contributed by atoms with Gasteiger partial charge in [-0.2, -0.15) is 4.99 Å². The highest BCUT2D eigenvalue weighted by molar-refractivity contribution is 7.16. The third-order valence-corrected chi connectivity index (χ3v) is 4.69. The van der Waals surface area contributed by atoms with Crippen LogP contribution in [0.15, 0.2) is 23.2 Å². The molecule has 0 radical (unpaired) electrons. The molecule has 1 aromatic heterocycles. The number of amides is 1. The standard InChI is InChI=1S/C18H24N2O3S/c1-4-6-7-16(21)19-18-20(11-10-17(22)23-5-2)14-9-8-13(3)12-15(14)24-18/h8-9,12H,4-7,10-11H2,1-3H3. The molecule has 0 aliphatic rings. The predicted octanol–water partition coefficient (Wildman–Crippen LogP) is 3.58. The normalized spacial score (nSPS) is 11.9. The summed E-state index contributed by atoms with van der Waals surface area (Å²) in [5.74, 6) is -0.343. The molecule has 0 fully saturated rings. The fourth-order valence-electron chi connectivity index (χ4n) is 2.41. The number of aryl methyl sites for hydroxylation is 2. The summed E-state index contributed by atoms with van der Waals surface area (Å²) in [7, 11) is 0. The highest BCUT2D eigenvalue weighted by atomic mass is 32.1. The summed E-state index contributed by atoms with van der Waals surface area (Å²) in [5.41, 5.74) is 2.15. The monoisotopic (exact) mass is 348 g/mol. The summed E-state index contributed by atoms with van der Waals surface area (Å²) in [6.07, 6.45) is 2.54. The van der Waals surface area contributed by atoms with Crippen molar-refractivity contribution < 1.29 is 14.3 Å². The van der Waals surface area contributed by atoms with Gasteiger partial charge in [-0.05, 0) is 38.0 Å². The maximum Gasteiger partial charge on any atom is 0.307 e. The number of rotatable bonds is 7. The molecule has 6 heteroatoms. The minimum Gasteiger partial charge on any atom is -0.466 e. The van der Waals surface area contributed by atoms with E-state index in [0.717, 1.165) is 28.6 Å². The van der Waals surface area contributed by atoms with Crippen molar-refractivity contribution >= 4 is 33.4 Å². The van der Waals surface area contributed by atoms with Crippen LogP contribution in [0.1, 0.15) is 45.1 Å². The third-order valence-electron chi connectivity index (χ3n) is 3.65. The van der Waals surface area contributed by atoms with Crippen LogP contribution in [0, 0.1) is 6.92 Å². The zero-order valence-corrected chi connectivity index (χ0v) is 15.3. The van der Waals surface area contributed by atoms with Crippen molar-refractivity contribution in [3.05, 3.63) is 28.6 Å². The van der Waals surface area contributed by atoms with Gasteiger partial charge in [-0.15, -0.1) is 0 Å². The van der Waals surface area contributed by atoms with Crippen molar-refractivity contribution in [2.24, 2.45) is 4.99 Å². The van der Waals surface area contributed by atoms with Crippen LogP contribution in [0.4, 0.5) is 0 Å². The van der Waals surface area contributed by atoms with E-state index in [1.807, 2.05) is 23.6 Å². The number of aromatic nitrogens is 1. The fourth-order valence-corrected chi connectivity index (χ4v) is 3.58. The summed E-state index contributed by atoms with van der Waals surface area (Å²) in [4.78, 5) is 28.6. The van der Waals surface area contributed by atoms with Gasteiger partial charge >= 0.3 is 5.97 Å². The Kier molecular flexibility index (Phi) is 6.73. The van der Waals surface area contributed by atoms with Gasteiger partial charge in [-0.3, -0.25) is 9.59 Å². The Morgan fingerprint density at radius 1 is 1.25 bits per heavy atom. The smallest absolute Gasteiger partial charge is 0.307 e. The number of esters is 1. The molecule has 2 rings (SSSR count). The van der Waals surface area contributed by atoms with Gasteiger partial charge in [0.2, 0.25) is 5.91 Å². The number of thiazole rings is 1. The summed E-state index contributed by atoms with van der Waals surface area (Å²) >= 11 is 1.49. The lowest BCUT2D eigenvalue weighted by Gasteiger charge is -2.05. The molecule has 0 bridgehead atoms. The van der Waals surface area contributed by atoms with Gasteiger partial charge in [0.05, 0.1) is 23.2 Å². The van der Waals surface area contributed by atoms with Crippen LogP contribution in [0.2, 0.25) is 0 Å². The quantitative estimate of drug-likeness (QED) is 0.719. The van der Waals surface area contributed by atoms with Crippen LogP contribution in [0.3, 0.4) is 0 Å². The van der Waals surface area contributed by atoms with Crippen molar-refractivity contribution in [2.75, 3.05) is 6.61 Å². The lowest BCUT2D eigenvalue weighted by Crippen LogP contribution is -2.19. The van der Waals surface area contributed by atoms with Crippen molar-refractivity contribution in [3.8, 4) is 0 Å². The summed E-state index contributed by atoms with van der Waals surface area (Å²) in [6.45, 7) is 6.71. The third kappa shape index (κ3) is 4.77. The van der Waals surface area contributed by atoms with Crippen LogP contribution >= 0.6 is 11.3 Å². The lowest BCUT2D eigenvalue weighted by molar-refractivity contribution is -0.143. The Labute approximate surface area is 146 Å². The maximum absolute atomic E-state index is 12.0. The minimum atomic E-state index is -0.236. The van der Waals surface area contributed by atoms with E-state index in [2.05, 4.69) is 18.0 Å². The second kappa shape index (κ2) is 8.78. The maximum atomic E-state index is 12.0. The van der Waals surface area contributed by atoms with Crippen LogP contribution in [-0.4, -0.2) is 23.1 Å². The molecular weight excluding hydrogens is 324 g/mol. The molecule has 5 nitrogen and oxygen atoms in total. The SMILES string of the molecule is CCCCC(=O)N=c1sc2cc(C)ccc2n1CCC(=O)OCC. The van der Waals surface area contributed by atoms with E-state index in [0.29, 0.717) is 24.4 Å². The summed E-state index contributed by atoms with van der Waals surface area (Å²) < 4.78 is 8.01. The number of nitrogens with zero attached hydrogens (tertiary/aromatic N) is 2. The minimum absolute atomic E-state index is 0.106. The van der Waals surface area contributed by atoms with Gasteiger partial charge in [0, 0.05) is 13.0 Å². The van der Waals surface area contributed by atoms with Crippen LogP contribution < -0.4 is 4.80 Å². The van der Waals surface area contributed by atoms with E-state index in [1.165, 1.54) is 11.3 Å². The molecule has 1 heterocycles. The number of carbonyl (C=O) groups is 2. The van der Waals surface area contributed by atoms with Gasteiger partial charge in [-0.1, -0.05) is 30.7 Å². The van der Waals surface area contributed by atoms with Gasteiger partial charge in [0.25, 0.3) is 0 Å². The van der Waals surface area contributed by atoms with E-state index in [4.69, 9.17) is 4.74 Å². The van der Waals surface area contributed by atoms with Crippen molar-refractivity contribution in [2.45, 2.75) is 53.0 Å². The van der Waals surface area contributed by atoms with E-state index < -0.39 is 0 Å². The molecule has 2 aromatic rings. The van der Waals surface area contributed by atoms with Crippen LogP contribution in [-0.2, 0) is 20.9 Å². The average Bonchev–Trinajstić information content (AvgIpc) is 2.87. The highest BCUT2D eigenvalue weighted by Crippen LogP contribution is 2.19. The van der Waals surface area contributed by atoms with Crippen molar-refractivity contribution in [1.29, 1.82) is 0 Å². The number of unbranched alkanes of at least 4 members (excludes halogenated alkanes) is 1. The van der Waals surface area contributed by atoms with Crippen molar-refractivity contribution in [1.82, 2.24) is 4.57 Å². The number of hydrogen-bond donors (Lipinski definition) is 0. The molecule has 0 aliphatic heterocycles. The van der Waals surface area contributed by atoms with Crippen molar-refractivity contribution in [3.63, 3.8) is 0 Å². The number of ether oxygens (including phenoxy) is 1. The zero-order valence-electron chi connectivity index (χ0n) is 14.5. The number of hydrogen-bond acceptors (Lipinski definition) is 4. The molecular formula is C18H24N2O3S. The molecule has 0 atom stereocenters. The van der Waals surface area contributed by atoms with Crippen LogP contribution in [0.25, 0.3) is 10.2 Å². The molecule has 0 saturated carbocycles. The molecule has 1 aromatic carbocycles. The first kappa shape index (κ1) is 18.4.